The molecule has 1 aliphatic carbocycles. The van der Waals surface area contributed by atoms with Crippen LogP contribution in [0.2, 0.25) is 0 Å². The molecular weight excluding hydrogens is 328 g/mol. The van der Waals surface area contributed by atoms with Crippen LogP contribution in [0.4, 0.5) is 0 Å². The maximum atomic E-state index is 12.8. The smallest absolute Gasteiger partial charge is 0.316 e. The van der Waals surface area contributed by atoms with Crippen molar-refractivity contribution in [1.29, 1.82) is 0 Å². The third-order valence-electron chi connectivity index (χ3n) is 4.47. The molecule has 25 heavy (non-hydrogen) atoms. The van der Waals surface area contributed by atoms with E-state index in [1.165, 1.54) is 14.2 Å². The van der Waals surface area contributed by atoms with Gasteiger partial charge in [-0.15, -0.1) is 0 Å². The van der Waals surface area contributed by atoms with Crippen LogP contribution in [-0.4, -0.2) is 46.2 Å². The number of benzene rings is 1. The highest BCUT2D eigenvalue weighted by atomic mass is 16.5. The van der Waals surface area contributed by atoms with Crippen LogP contribution in [0.25, 0.3) is 0 Å². The number of fused-ring (bicyclic) bond motifs is 1. The molecule has 0 saturated carbocycles. The van der Waals surface area contributed by atoms with Gasteiger partial charge in [0.25, 0.3) is 0 Å². The number of Topliss-reactive ketones (excluding diaryl/α,β-unsaturated/α-hetero) is 1. The molecular formula is C18H22O7. The van der Waals surface area contributed by atoms with E-state index < -0.39 is 23.8 Å². The number of rotatable bonds is 7. The highest BCUT2D eigenvalue weighted by Crippen LogP contribution is 2.37. The van der Waals surface area contributed by atoms with Crippen LogP contribution >= 0.6 is 0 Å². The van der Waals surface area contributed by atoms with Gasteiger partial charge in [-0.25, -0.2) is 0 Å². The maximum absolute atomic E-state index is 12.8. The minimum Gasteiger partial charge on any atom is -0.493 e. The van der Waals surface area contributed by atoms with Crippen LogP contribution in [0.3, 0.4) is 0 Å². The van der Waals surface area contributed by atoms with Crippen molar-refractivity contribution in [3.05, 3.63) is 23.3 Å². The van der Waals surface area contributed by atoms with Crippen LogP contribution in [0.1, 0.15) is 17.5 Å². The predicted molar refractivity (Wildman–Crippen MR) is 87.6 cm³/mol. The quantitative estimate of drug-likeness (QED) is 0.541. The Bertz CT molecular complexity index is 647. The van der Waals surface area contributed by atoms with Crippen molar-refractivity contribution in [3.63, 3.8) is 0 Å². The number of methoxy groups -OCH3 is 4. The fraction of sp³-hybridized carbons (Fsp3) is 0.500. The zero-order valence-electron chi connectivity index (χ0n) is 14.8. The molecule has 1 atom stereocenters. The lowest BCUT2D eigenvalue weighted by molar-refractivity contribution is -0.156. The van der Waals surface area contributed by atoms with E-state index in [1.54, 1.807) is 14.2 Å². The second-order valence-corrected chi connectivity index (χ2v) is 5.84. The number of hydrogen-bond acceptors (Lipinski definition) is 7. The Kier molecular flexibility index (Phi) is 6.01. The molecule has 1 aromatic rings. The molecule has 0 spiro atoms. The van der Waals surface area contributed by atoms with E-state index >= 15 is 0 Å². The molecule has 1 aromatic carbocycles. The topological polar surface area (TPSA) is 88.1 Å². The first kappa shape index (κ1) is 18.8. The molecule has 2 rings (SSSR count). The van der Waals surface area contributed by atoms with Gasteiger partial charge in [0.15, 0.2) is 17.3 Å². The number of carbonyl (C=O) groups is 3. The van der Waals surface area contributed by atoms with Gasteiger partial charge >= 0.3 is 11.9 Å². The van der Waals surface area contributed by atoms with Gasteiger partial charge in [0.2, 0.25) is 0 Å². The Morgan fingerprint density at radius 2 is 1.48 bits per heavy atom. The zero-order chi connectivity index (χ0) is 18.6. The van der Waals surface area contributed by atoms with Gasteiger partial charge in [-0.05, 0) is 36.1 Å². The zero-order valence-corrected chi connectivity index (χ0v) is 14.8. The first-order valence-corrected chi connectivity index (χ1v) is 7.87. The van der Waals surface area contributed by atoms with E-state index in [1.807, 2.05) is 12.1 Å². The summed E-state index contributed by atoms with van der Waals surface area (Å²) in [6.45, 7) is 0. The standard InChI is InChI=1S/C18H22O7/c1-22-14-7-10-5-12(6-11(10)8-15(14)23-2)17(20)13(18(21)25-4)9-16(19)24-3/h7-8,12-13H,5-6,9H2,1-4H3. The second-order valence-electron chi connectivity index (χ2n) is 5.84. The predicted octanol–water partition coefficient (Wildman–Crippen LogP) is 1.34. The number of ketones is 1. The van der Waals surface area contributed by atoms with Gasteiger partial charge in [0.1, 0.15) is 5.92 Å². The number of ether oxygens (including phenoxy) is 4. The molecule has 1 unspecified atom stereocenters. The van der Waals surface area contributed by atoms with E-state index in [0.717, 1.165) is 11.1 Å². The van der Waals surface area contributed by atoms with Gasteiger partial charge in [0.05, 0.1) is 34.9 Å². The van der Waals surface area contributed by atoms with Crippen molar-refractivity contribution in [3.8, 4) is 11.5 Å². The number of hydrogen-bond donors (Lipinski definition) is 0. The van der Waals surface area contributed by atoms with Crippen LogP contribution in [0.5, 0.6) is 11.5 Å². The first-order chi connectivity index (χ1) is 11.9. The van der Waals surface area contributed by atoms with Crippen molar-refractivity contribution in [2.24, 2.45) is 11.8 Å². The fourth-order valence-electron chi connectivity index (χ4n) is 3.12. The third-order valence-corrected chi connectivity index (χ3v) is 4.47. The highest BCUT2D eigenvalue weighted by Gasteiger charge is 2.38. The molecule has 0 radical (unpaired) electrons. The van der Waals surface area contributed by atoms with Crippen LogP contribution in [-0.2, 0) is 36.7 Å². The summed E-state index contributed by atoms with van der Waals surface area (Å²) in [5, 5.41) is 0. The molecule has 136 valence electrons. The normalized spacial score (nSPS) is 14.4. The van der Waals surface area contributed by atoms with Gasteiger partial charge in [0, 0.05) is 5.92 Å². The Hall–Kier alpha value is -2.57. The van der Waals surface area contributed by atoms with E-state index in [-0.39, 0.29) is 12.2 Å². The summed E-state index contributed by atoms with van der Waals surface area (Å²) in [5.74, 6) is -2.03. The Balaban J connectivity index is 2.22. The molecule has 0 saturated heterocycles. The lowest BCUT2D eigenvalue weighted by atomic mass is 9.88. The molecule has 7 nitrogen and oxygen atoms in total. The van der Waals surface area contributed by atoms with E-state index in [9.17, 15) is 14.4 Å². The van der Waals surface area contributed by atoms with Crippen molar-refractivity contribution in [2.45, 2.75) is 19.3 Å². The van der Waals surface area contributed by atoms with E-state index in [4.69, 9.17) is 9.47 Å². The van der Waals surface area contributed by atoms with Crippen molar-refractivity contribution < 1.29 is 33.3 Å². The van der Waals surface area contributed by atoms with E-state index in [0.29, 0.717) is 24.3 Å². The molecule has 0 N–H and O–H groups in total. The minimum absolute atomic E-state index is 0.314. The molecule has 0 fully saturated rings. The molecule has 1 aliphatic rings. The summed E-state index contributed by atoms with van der Waals surface area (Å²) < 4.78 is 19.8. The van der Waals surface area contributed by atoms with Gasteiger partial charge < -0.3 is 18.9 Å². The van der Waals surface area contributed by atoms with Crippen LogP contribution in [0, 0.1) is 11.8 Å². The van der Waals surface area contributed by atoms with Gasteiger partial charge in [-0.3, -0.25) is 14.4 Å². The fourth-order valence-corrected chi connectivity index (χ4v) is 3.12. The highest BCUT2D eigenvalue weighted by molar-refractivity contribution is 6.03. The lowest BCUT2D eigenvalue weighted by Gasteiger charge is -2.16. The molecule has 0 aliphatic heterocycles. The monoisotopic (exact) mass is 350 g/mol. The Morgan fingerprint density at radius 1 is 0.960 bits per heavy atom. The molecule has 0 aromatic heterocycles. The van der Waals surface area contributed by atoms with Crippen LogP contribution in [0.15, 0.2) is 12.1 Å². The number of esters is 2. The average molecular weight is 350 g/mol. The molecule has 7 heteroatoms. The largest absolute Gasteiger partial charge is 0.493 e. The molecule has 0 bridgehead atoms. The minimum atomic E-state index is -1.15. The summed E-state index contributed by atoms with van der Waals surface area (Å²) in [7, 11) is 5.50. The first-order valence-electron chi connectivity index (χ1n) is 7.87. The van der Waals surface area contributed by atoms with Crippen molar-refractivity contribution >= 4 is 17.7 Å². The summed E-state index contributed by atoms with van der Waals surface area (Å²) in [6, 6.07) is 3.68. The Labute approximate surface area is 146 Å². The molecule has 0 amide bonds. The molecule has 0 heterocycles. The SMILES string of the molecule is COC(=O)CC(C(=O)OC)C(=O)C1Cc2cc(OC)c(OC)cc2C1. The van der Waals surface area contributed by atoms with Crippen molar-refractivity contribution in [2.75, 3.05) is 28.4 Å². The summed E-state index contributed by atoms with van der Waals surface area (Å²) in [4.78, 5) is 36.3. The lowest BCUT2D eigenvalue weighted by Crippen LogP contribution is -2.33. The summed E-state index contributed by atoms with van der Waals surface area (Å²) >= 11 is 0. The number of carbonyl (C=O) groups excluding carboxylic acids is 3. The maximum Gasteiger partial charge on any atom is 0.316 e. The van der Waals surface area contributed by atoms with Gasteiger partial charge in [-0.2, -0.15) is 0 Å². The second kappa shape index (κ2) is 8.00. The average Bonchev–Trinajstić information content (AvgIpc) is 3.06. The third kappa shape index (κ3) is 3.92. The van der Waals surface area contributed by atoms with Crippen molar-refractivity contribution in [1.82, 2.24) is 0 Å². The van der Waals surface area contributed by atoms with Crippen LogP contribution < -0.4 is 9.47 Å². The van der Waals surface area contributed by atoms with Gasteiger partial charge in [-0.1, -0.05) is 0 Å². The summed E-state index contributed by atoms with van der Waals surface area (Å²) in [5.41, 5.74) is 1.94. The Morgan fingerprint density at radius 3 is 1.88 bits per heavy atom. The summed E-state index contributed by atoms with van der Waals surface area (Å²) in [6.07, 6.45) is 0.633. The van der Waals surface area contributed by atoms with E-state index in [2.05, 4.69) is 9.47 Å².